The third-order valence-corrected chi connectivity index (χ3v) is 3.58. The number of rotatable bonds is 3. The summed E-state index contributed by atoms with van der Waals surface area (Å²) in [7, 11) is 0. The van der Waals surface area contributed by atoms with Gasteiger partial charge in [-0.05, 0) is 35.9 Å². The quantitative estimate of drug-likeness (QED) is 0.651. The zero-order chi connectivity index (χ0) is 11.4. The van der Waals surface area contributed by atoms with Gasteiger partial charge in [0.15, 0.2) is 0 Å². The number of hydrogen-bond donors (Lipinski definition) is 1. The molecule has 82 valence electrons. The van der Waals surface area contributed by atoms with E-state index in [-0.39, 0.29) is 0 Å². The molecule has 0 heterocycles. The molecule has 1 nitrogen and oxygen atoms in total. The number of halogens is 1. The first-order chi connectivity index (χ1) is 7.75. The van der Waals surface area contributed by atoms with E-state index in [0.717, 1.165) is 16.5 Å². The van der Waals surface area contributed by atoms with E-state index in [1.807, 2.05) is 42.5 Å². The molecule has 0 fully saturated rings. The summed E-state index contributed by atoms with van der Waals surface area (Å²) in [5.41, 5.74) is 7.89. The molecule has 0 aromatic heterocycles. The van der Waals surface area contributed by atoms with Crippen molar-refractivity contribution in [3.63, 3.8) is 0 Å². The first-order valence-corrected chi connectivity index (χ1v) is 6.34. The van der Waals surface area contributed by atoms with Crippen molar-refractivity contribution in [1.82, 2.24) is 0 Å². The van der Waals surface area contributed by atoms with Crippen LogP contribution in [0.4, 0.5) is 5.69 Å². The fraction of sp³-hybridized carbons (Fsp3) is 0.0769. The molecule has 0 spiro atoms. The van der Waals surface area contributed by atoms with Gasteiger partial charge in [0.25, 0.3) is 0 Å². The number of anilines is 1. The molecule has 3 heteroatoms. The molecule has 0 radical (unpaired) electrons. The molecule has 0 saturated carbocycles. The van der Waals surface area contributed by atoms with E-state index >= 15 is 0 Å². The van der Waals surface area contributed by atoms with E-state index in [1.165, 1.54) is 10.5 Å². The van der Waals surface area contributed by atoms with Crippen molar-refractivity contribution >= 4 is 29.1 Å². The minimum Gasteiger partial charge on any atom is -0.398 e. The lowest BCUT2D eigenvalue weighted by atomic mass is 10.2. The Hall–Kier alpha value is -1.12. The molecular weight excluding hydrogens is 238 g/mol. The largest absolute Gasteiger partial charge is 0.398 e. The molecule has 0 aliphatic heterocycles. The van der Waals surface area contributed by atoms with Gasteiger partial charge in [0.1, 0.15) is 0 Å². The third kappa shape index (κ3) is 2.94. The zero-order valence-electron chi connectivity index (χ0n) is 8.69. The average Bonchev–Trinajstić information content (AvgIpc) is 2.30. The van der Waals surface area contributed by atoms with Gasteiger partial charge in [-0.2, -0.15) is 0 Å². The van der Waals surface area contributed by atoms with Crippen LogP contribution < -0.4 is 5.73 Å². The van der Waals surface area contributed by atoms with Gasteiger partial charge in [-0.15, -0.1) is 11.8 Å². The van der Waals surface area contributed by atoms with Crippen LogP contribution in [0.1, 0.15) is 5.56 Å². The number of hydrogen-bond acceptors (Lipinski definition) is 2. The van der Waals surface area contributed by atoms with Crippen molar-refractivity contribution in [3.05, 3.63) is 59.1 Å². The number of benzene rings is 2. The van der Waals surface area contributed by atoms with Gasteiger partial charge < -0.3 is 5.73 Å². The van der Waals surface area contributed by atoms with Crippen LogP contribution in [0.25, 0.3) is 0 Å². The molecule has 2 aromatic carbocycles. The number of nitrogens with two attached hydrogens (primary N) is 1. The van der Waals surface area contributed by atoms with Crippen molar-refractivity contribution in [2.75, 3.05) is 5.73 Å². The Morgan fingerprint density at radius 2 is 1.69 bits per heavy atom. The normalized spacial score (nSPS) is 10.3. The summed E-state index contributed by atoms with van der Waals surface area (Å²) in [6.45, 7) is 0. The maximum absolute atomic E-state index is 5.87. The standard InChI is InChI=1S/C13H12ClNS/c14-11-5-7-12(8-6-11)16-9-10-3-1-2-4-13(10)15/h1-8H,9,15H2. The Bertz CT molecular complexity index is 468. The summed E-state index contributed by atoms with van der Waals surface area (Å²) in [6.07, 6.45) is 0. The van der Waals surface area contributed by atoms with Crippen LogP contribution in [0.5, 0.6) is 0 Å². The maximum atomic E-state index is 5.87. The highest BCUT2D eigenvalue weighted by atomic mass is 35.5. The summed E-state index contributed by atoms with van der Waals surface area (Å²) in [6, 6.07) is 15.8. The SMILES string of the molecule is Nc1ccccc1CSc1ccc(Cl)cc1. The molecule has 0 unspecified atom stereocenters. The molecule has 0 aliphatic rings. The van der Waals surface area contributed by atoms with E-state index in [9.17, 15) is 0 Å². The lowest BCUT2D eigenvalue weighted by Gasteiger charge is -2.05. The van der Waals surface area contributed by atoms with Crippen LogP contribution in [0.15, 0.2) is 53.4 Å². The Morgan fingerprint density at radius 3 is 2.38 bits per heavy atom. The molecule has 0 bridgehead atoms. The van der Waals surface area contributed by atoms with Gasteiger partial charge in [0.2, 0.25) is 0 Å². The van der Waals surface area contributed by atoms with E-state index in [2.05, 4.69) is 6.07 Å². The van der Waals surface area contributed by atoms with Crippen LogP contribution in [0.3, 0.4) is 0 Å². The Kier molecular flexibility index (Phi) is 3.75. The van der Waals surface area contributed by atoms with Gasteiger partial charge in [-0.25, -0.2) is 0 Å². The topological polar surface area (TPSA) is 26.0 Å². The van der Waals surface area contributed by atoms with Gasteiger partial charge in [0, 0.05) is 21.4 Å². The first kappa shape index (κ1) is 11.4. The minimum atomic E-state index is 0.767. The van der Waals surface area contributed by atoms with Crippen molar-refractivity contribution in [2.45, 2.75) is 10.6 Å². The minimum absolute atomic E-state index is 0.767. The van der Waals surface area contributed by atoms with Gasteiger partial charge in [0.05, 0.1) is 0 Å². The fourth-order valence-corrected chi connectivity index (χ4v) is 2.40. The smallest absolute Gasteiger partial charge is 0.0406 e. The summed E-state index contributed by atoms with van der Waals surface area (Å²) >= 11 is 7.58. The number of thioether (sulfide) groups is 1. The van der Waals surface area contributed by atoms with Crippen molar-refractivity contribution in [3.8, 4) is 0 Å². The second-order valence-electron chi connectivity index (χ2n) is 3.44. The summed E-state index contributed by atoms with van der Waals surface area (Å²) in [5.74, 6) is 0.883. The van der Waals surface area contributed by atoms with Crippen molar-refractivity contribution < 1.29 is 0 Å². The molecule has 0 saturated heterocycles. The summed E-state index contributed by atoms with van der Waals surface area (Å²) in [5, 5.41) is 0.767. The van der Waals surface area contributed by atoms with Crippen molar-refractivity contribution in [1.29, 1.82) is 0 Å². The van der Waals surface area contributed by atoms with Crippen molar-refractivity contribution in [2.24, 2.45) is 0 Å². The van der Waals surface area contributed by atoms with E-state index in [0.29, 0.717) is 0 Å². The molecule has 0 amide bonds. The molecular formula is C13H12ClNS. The fourth-order valence-electron chi connectivity index (χ4n) is 1.36. The highest BCUT2D eigenvalue weighted by Crippen LogP contribution is 2.26. The zero-order valence-corrected chi connectivity index (χ0v) is 10.3. The number of para-hydroxylation sites is 1. The van der Waals surface area contributed by atoms with Crippen LogP contribution in [-0.2, 0) is 5.75 Å². The van der Waals surface area contributed by atoms with Crippen LogP contribution in [0, 0.1) is 0 Å². The highest BCUT2D eigenvalue weighted by Gasteiger charge is 1.99. The van der Waals surface area contributed by atoms with E-state index < -0.39 is 0 Å². The first-order valence-electron chi connectivity index (χ1n) is 4.97. The Balaban J connectivity index is 2.02. The second-order valence-corrected chi connectivity index (χ2v) is 4.93. The summed E-state index contributed by atoms with van der Waals surface area (Å²) in [4.78, 5) is 1.20. The predicted molar refractivity (Wildman–Crippen MR) is 71.9 cm³/mol. The average molecular weight is 250 g/mol. The van der Waals surface area contributed by atoms with Crippen LogP contribution >= 0.6 is 23.4 Å². The second kappa shape index (κ2) is 5.28. The number of nitrogen functional groups attached to an aromatic ring is 1. The molecule has 2 aromatic rings. The highest BCUT2D eigenvalue weighted by molar-refractivity contribution is 7.98. The Labute approximate surface area is 105 Å². The van der Waals surface area contributed by atoms with Crippen LogP contribution in [0.2, 0.25) is 5.02 Å². The molecule has 2 N–H and O–H groups in total. The van der Waals surface area contributed by atoms with Crippen LogP contribution in [-0.4, -0.2) is 0 Å². The van der Waals surface area contributed by atoms with E-state index in [1.54, 1.807) is 11.8 Å². The predicted octanol–water partition coefficient (Wildman–Crippen LogP) is 4.21. The monoisotopic (exact) mass is 249 g/mol. The molecule has 0 aliphatic carbocycles. The Morgan fingerprint density at radius 1 is 1.00 bits per heavy atom. The van der Waals surface area contributed by atoms with Gasteiger partial charge >= 0.3 is 0 Å². The van der Waals surface area contributed by atoms with E-state index in [4.69, 9.17) is 17.3 Å². The lowest BCUT2D eigenvalue weighted by molar-refractivity contribution is 1.38. The van der Waals surface area contributed by atoms with Gasteiger partial charge in [-0.1, -0.05) is 29.8 Å². The summed E-state index contributed by atoms with van der Waals surface area (Å²) < 4.78 is 0. The molecule has 0 atom stereocenters. The van der Waals surface area contributed by atoms with Gasteiger partial charge in [-0.3, -0.25) is 0 Å². The third-order valence-electron chi connectivity index (χ3n) is 2.26. The molecule has 16 heavy (non-hydrogen) atoms. The maximum Gasteiger partial charge on any atom is 0.0406 e. The molecule has 2 rings (SSSR count). The lowest BCUT2D eigenvalue weighted by Crippen LogP contribution is -1.91.